The lowest BCUT2D eigenvalue weighted by atomic mass is 10.3. The van der Waals surface area contributed by atoms with Crippen molar-refractivity contribution in [1.82, 2.24) is 0 Å². The molecule has 0 atom stereocenters. The lowest BCUT2D eigenvalue weighted by molar-refractivity contribution is 1.42. The molecule has 0 spiro atoms. The van der Waals surface area contributed by atoms with Crippen molar-refractivity contribution in [2.45, 2.75) is 10.6 Å². The average molecular weight is 335 g/mol. The van der Waals surface area contributed by atoms with Crippen LogP contribution in [0.25, 0.3) is 0 Å². The largest absolute Gasteiger partial charge is 0.398 e. The summed E-state index contributed by atoms with van der Waals surface area (Å²) in [5.74, 6) is 0.906. The van der Waals surface area contributed by atoms with E-state index < -0.39 is 0 Å². The maximum absolute atomic E-state index is 5.92. The highest BCUT2D eigenvalue weighted by atomic mass is 79.9. The number of benzene rings is 1. The highest BCUT2D eigenvalue weighted by Crippen LogP contribution is 2.32. The lowest BCUT2D eigenvalue weighted by Crippen LogP contribution is -1.88. The van der Waals surface area contributed by atoms with Crippen molar-refractivity contribution >= 4 is 56.3 Å². The highest BCUT2D eigenvalue weighted by Gasteiger charge is 2.03. The van der Waals surface area contributed by atoms with Gasteiger partial charge in [-0.2, -0.15) is 0 Å². The van der Waals surface area contributed by atoms with Crippen LogP contribution in [0.1, 0.15) is 4.88 Å². The van der Waals surface area contributed by atoms with Gasteiger partial charge in [0.1, 0.15) is 0 Å². The van der Waals surface area contributed by atoms with Crippen LogP contribution in [-0.4, -0.2) is 0 Å². The maximum Gasteiger partial charge on any atom is 0.0931 e. The molecule has 0 aliphatic carbocycles. The minimum Gasteiger partial charge on any atom is -0.398 e. The Morgan fingerprint density at radius 2 is 2.12 bits per heavy atom. The zero-order valence-corrected chi connectivity index (χ0v) is 12.2. The molecular formula is C11H9BrClNS2. The summed E-state index contributed by atoms with van der Waals surface area (Å²) in [6, 6.07) is 9.92. The molecule has 1 nitrogen and oxygen atoms in total. The second-order valence-electron chi connectivity index (χ2n) is 3.18. The van der Waals surface area contributed by atoms with Crippen molar-refractivity contribution in [3.8, 4) is 0 Å². The second kappa shape index (κ2) is 5.45. The van der Waals surface area contributed by atoms with Crippen LogP contribution in [0.5, 0.6) is 0 Å². The van der Waals surface area contributed by atoms with Crippen LogP contribution in [-0.2, 0) is 5.75 Å². The first-order chi connectivity index (χ1) is 7.65. The van der Waals surface area contributed by atoms with Crippen LogP contribution in [0.4, 0.5) is 5.69 Å². The number of thiophene rings is 1. The monoisotopic (exact) mass is 333 g/mol. The minimum atomic E-state index is 0.807. The number of thioether (sulfide) groups is 1. The highest BCUT2D eigenvalue weighted by molar-refractivity contribution is 9.10. The van der Waals surface area contributed by atoms with Crippen LogP contribution in [0, 0.1) is 0 Å². The van der Waals surface area contributed by atoms with Gasteiger partial charge in [0.05, 0.1) is 4.34 Å². The van der Waals surface area contributed by atoms with Crippen LogP contribution in [0.3, 0.4) is 0 Å². The summed E-state index contributed by atoms with van der Waals surface area (Å²) < 4.78 is 1.84. The van der Waals surface area contributed by atoms with Crippen molar-refractivity contribution in [3.63, 3.8) is 0 Å². The quantitative estimate of drug-likeness (QED) is 0.628. The molecular weight excluding hydrogens is 326 g/mol. The molecule has 0 bridgehead atoms. The van der Waals surface area contributed by atoms with Gasteiger partial charge in [0.2, 0.25) is 0 Å². The number of anilines is 1. The van der Waals surface area contributed by atoms with Crippen molar-refractivity contribution in [3.05, 3.63) is 44.0 Å². The predicted molar refractivity (Wildman–Crippen MR) is 77.4 cm³/mol. The third-order valence-electron chi connectivity index (χ3n) is 1.97. The van der Waals surface area contributed by atoms with E-state index in [1.54, 1.807) is 23.1 Å². The lowest BCUT2D eigenvalue weighted by Gasteiger charge is -2.04. The first-order valence-electron chi connectivity index (χ1n) is 4.57. The van der Waals surface area contributed by atoms with Gasteiger partial charge in [0.25, 0.3) is 0 Å². The smallest absolute Gasteiger partial charge is 0.0931 e. The van der Waals surface area contributed by atoms with Crippen molar-refractivity contribution in [2.24, 2.45) is 0 Å². The van der Waals surface area contributed by atoms with E-state index >= 15 is 0 Å². The molecule has 84 valence electrons. The number of nitrogens with two attached hydrogens (primary N) is 1. The third kappa shape index (κ3) is 3.17. The van der Waals surface area contributed by atoms with E-state index in [0.717, 1.165) is 25.1 Å². The summed E-state index contributed by atoms with van der Waals surface area (Å²) in [5.41, 5.74) is 6.72. The molecule has 0 saturated carbocycles. The maximum atomic E-state index is 5.92. The van der Waals surface area contributed by atoms with E-state index in [4.69, 9.17) is 17.3 Å². The van der Waals surface area contributed by atoms with Gasteiger partial charge in [-0.1, -0.05) is 27.5 Å². The van der Waals surface area contributed by atoms with Crippen molar-refractivity contribution in [2.75, 3.05) is 5.73 Å². The third-order valence-corrected chi connectivity index (χ3v) is 5.02. The second-order valence-corrected chi connectivity index (χ2v) is 6.91. The molecule has 2 rings (SSSR count). The Morgan fingerprint density at radius 1 is 1.31 bits per heavy atom. The SMILES string of the molecule is Nc1cc(Br)ccc1SCc1ccc(Cl)s1. The summed E-state index contributed by atoms with van der Waals surface area (Å²) in [5, 5.41) is 0. The van der Waals surface area contributed by atoms with Crippen LogP contribution in [0.15, 0.2) is 39.7 Å². The molecule has 1 aromatic heterocycles. The zero-order valence-electron chi connectivity index (χ0n) is 8.24. The van der Waals surface area contributed by atoms with Gasteiger partial charge in [-0.15, -0.1) is 23.1 Å². The van der Waals surface area contributed by atoms with E-state index in [2.05, 4.69) is 22.0 Å². The van der Waals surface area contributed by atoms with E-state index in [9.17, 15) is 0 Å². The molecule has 1 heterocycles. The first-order valence-corrected chi connectivity index (χ1v) is 7.54. The number of hydrogen-bond donors (Lipinski definition) is 1. The Morgan fingerprint density at radius 3 is 2.75 bits per heavy atom. The molecule has 2 N–H and O–H groups in total. The summed E-state index contributed by atoms with van der Waals surface area (Å²) in [7, 11) is 0. The summed E-state index contributed by atoms with van der Waals surface area (Å²) in [6.45, 7) is 0. The Bertz CT molecular complexity index is 498. The van der Waals surface area contributed by atoms with Crippen LogP contribution in [0.2, 0.25) is 4.34 Å². The van der Waals surface area contributed by atoms with E-state index in [0.29, 0.717) is 0 Å². The topological polar surface area (TPSA) is 26.0 Å². The Hall–Kier alpha value is -0.160. The van der Waals surface area contributed by atoms with Gasteiger partial charge < -0.3 is 5.73 Å². The van der Waals surface area contributed by atoms with Crippen molar-refractivity contribution < 1.29 is 0 Å². The number of nitrogen functional groups attached to an aromatic ring is 1. The summed E-state index contributed by atoms with van der Waals surface area (Å²) in [6.07, 6.45) is 0. The fraction of sp³-hybridized carbons (Fsp3) is 0.0909. The fourth-order valence-electron chi connectivity index (χ4n) is 1.23. The molecule has 0 unspecified atom stereocenters. The summed E-state index contributed by atoms with van der Waals surface area (Å²) >= 11 is 12.6. The molecule has 0 aliphatic rings. The Balaban J connectivity index is 2.04. The van der Waals surface area contributed by atoms with Crippen molar-refractivity contribution in [1.29, 1.82) is 0 Å². The first kappa shape index (κ1) is 12.3. The number of hydrogen-bond acceptors (Lipinski definition) is 3. The number of rotatable bonds is 3. The molecule has 0 aliphatic heterocycles. The molecule has 0 radical (unpaired) electrons. The number of halogens is 2. The van der Waals surface area contributed by atoms with Crippen LogP contribution >= 0.6 is 50.6 Å². The molecule has 0 fully saturated rings. The zero-order chi connectivity index (χ0) is 11.5. The summed E-state index contributed by atoms with van der Waals surface area (Å²) in [4.78, 5) is 2.37. The molecule has 16 heavy (non-hydrogen) atoms. The van der Waals surface area contributed by atoms with Gasteiger partial charge in [-0.3, -0.25) is 0 Å². The van der Waals surface area contributed by atoms with E-state index in [1.807, 2.05) is 24.3 Å². The van der Waals surface area contributed by atoms with Gasteiger partial charge in [-0.25, -0.2) is 0 Å². The molecule has 5 heteroatoms. The normalized spacial score (nSPS) is 10.6. The van der Waals surface area contributed by atoms with Gasteiger partial charge in [0.15, 0.2) is 0 Å². The predicted octanol–water partition coefficient (Wildman–Crippen LogP) is 5.04. The average Bonchev–Trinajstić information content (AvgIpc) is 2.63. The fourth-order valence-corrected chi connectivity index (χ4v) is 3.69. The molecule has 2 aromatic rings. The standard InChI is InChI=1S/C11H9BrClNS2/c12-7-1-3-10(9(14)5-7)15-6-8-2-4-11(13)16-8/h1-5H,6,14H2. The van der Waals surface area contributed by atoms with Gasteiger partial charge >= 0.3 is 0 Å². The van der Waals surface area contributed by atoms with Gasteiger partial charge in [0, 0.05) is 25.7 Å². The Labute approximate surface area is 116 Å². The molecule has 0 amide bonds. The Kier molecular flexibility index (Phi) is 4.19. The molecule has 1 aromatic carbocycles. The van der Waals surface area contributed by atoms with E-state index in [1.165, 1.54) is 4.88 Å². The van der Waals surface area contributed by atoms with E-state index in [-0.39, 0.29) is 0 Å². The van der Waals surface area contributed by atoms with Crippen LogP contribution < -0.4 is 5.73 Å². The minimum absolute atomic E-state index is 0.807. The molecule has 0 saturated heterocycles. The van der Waals surface area contributed by atoms with Gasteiger partial charge in [-0.05, 0) is 30.3 Å².